The van der Waals surface area contributed by atoms with Crippen molar-refractivity contribution in [3.05, 3.63) is 0 Å². The maximum absolute atomic E-state index is 9.47. The summed E-state index contributed by atoms with van der Waals surface area (Å²) in [5.74, 6) is 0.665. The van der Waals surface area contributed by atoms with Gasteiger partial charge in [0.2, 0.25) is 0 Å². The Hall–Kier alpha value is -0.810. The van der Waals surface area contributed by atoms with Gasteiger partial charge in [0.25, 0.3) is 0 Å². The van der Waals surface area contributed by atoms with Gasteiger partial charge in [-0.15, -0.1) is 0 Å². The molecule has 0 amide bonds. The van der Waals surface area contributed by atoms with Crippen LogP contribution in [-0.2, 0) is 0 Å². The highest BCUT2D eigenvalue weighted by molar-refractivity contribution is 5.81. The predicted octanol–water partition coefficient (Wildman–Crippen LogP) is -1.03. The van der Waals surface area contributed by atoms with Gasteiger partial charge in [-0.3, -0.25) is 0 Å². The van der Waals surface area contributed by atoms with Crippen LogP contribution < -0.4 is 5.32 Å². The lowest BCUT2D eigenvalue weighted by atomic mass is 10.1. The van der Waals surface area contributed by atoms with Crippen molar-refractivity contribution < 1.29 is 10.2 Å². The third-order valence-electron chi connectivity index (χ3n) is 1.95. The third kappa shape index (κ3) is 2.57. The minimum Gasteiger partial charge on any atom is -0.393 e. The molecule has 1 heterocycles. The molecule has 3 N–H and O–H groups in total. The van der Waals surface area contributed by atoms with Crippen molar-refractivity contribution in [1.29, 1.82) is 0 Å². The van der Waals surface area contributed by atoms with E-state index in [1.165, 1.54) is 0 Å². The normalized spacial score (nSPS) is 29.5. The van der Waals surface area contributed by atoms with Gasteiger partial charge in [0.05, 0.1) is 12.1 Å². The smallest absolute Gasteiger partial charge is 0.196 e. The van der Waals surface area contributed by atoms with Gasteiger partial charge in [0.15, 0.2) is 12.2 Å². The Morgan fingerprint density at radius 1 is 1.62 bits per heavy atom. The number of hydrogen-bond donors (Lipinski definition) is 3. The topological polar surface area (TPSA) is 68.1 Å². The van der Waals surface area contributed by atoms with Crippen LogP contribution in [0.3, 0.4) is 0 Å². The second kappa shape index (κ2) is 3.93. The van der Waals surface area contributed by atoms with E-state index >= 15 is 0 Å². The average Bonchev–Trinajstić information content (AvgIpc) is 2.31. The molecule has 1 aliphatic rings. The molecule has 0 aliphatic carbocycles. The van der Waals surface area contributed by atoms with Crippen LogP contribution in [0.25, 0.3) is 0 Å². The van der Waals surface area contributed by atoms with E-state index in [-0.39, 0.29) is 6.04 Å². The maximum atomic E-state index is 9.47. The fourth-order valence-corrected chi connectivity index (χ4v) is 1.29. The molecule has 0 bridgehead atoms. The molecule has 5 nitrogen and oxygen atoms in total. The van der Waals surface area contributed by atoms with Crippen LogP contribution in [-0.4, -0.2) is 53.5 Å². The number of guanidine groups is 1. The molecular weight excluding hydrogens is 170 g/mol. The van der Waals surface area contributed by atoms with Crippen molar-refractivity contribution in [3.63, 3.8) is 0 Å². The number of rotatable bonds is 2. The monoisotopic (exact) mass is 187 g/mol. The molecule has 0 aromatic heterocycles. The summed E-state index contributed by atoms with van der Waals surface area (Å²) in [6, 6.07) is -0.169. The molecule has 1 rings (SSSR count). The van der Waals surface area contributed by atoms with Crippen molar-refractivity contribution in [2.24, 2.45) is 4.99 Å². The molecule has 0 saturated carbocycles. The SMILES string of the molecule is CC(O)CC1NC(N(C)C)=NC1O. The highest BCUT2D eigenvalue weighted by atomic mass is 16.3. The number of aliphatic hydroxyl groups is 2. The second-order valence-electron chi connectivity index (χ2n) is 3.60. The zero-order chi connectivity index (χ0) is 10.0. The lowest BCUT2D eigenvalue weighted by Gasteiger charge is -2.18. The van der Waals surface area contributed by atoms with Crippen LogP contribution in [0.4, 0.5) is 0 Å². The first-order valence-electron chi connectivity index (χ1n) is 4.38. The van der Waals surface area contributed by atoms with Crippen molar-refractivity contribution in [3.8, 4) is 0 Å². The maximum Gasteiger partial charge on any atom is 0.196 e. The molecule has 0 aromatic carbocycles. The van der Waals surface area contributed by atoms with Crippen LogP contribution in [0, 0.1) is 0 Å². The van der Waals surface area contributed by atoms with Gasteiger partial charge in [-0.05, 0) is 13.3 Å². The molecule has 0 aromatic rings. The molecule has 1 aliphatic heterocycles. The summed E-state index contributed by atoms with van der Waals surface area (Å²) >= 11 is 0. The largest absolute Gasteiger partial charge is 0.393 e. The first-order valence-corrected chi connectivity index (χ1v) is 4.38. The van der Waals surface area contributed by atoms with Gasteiger partial charge in [-0.2, -0.15) is 0 Å². The standard InChI is InChI=1S/C8H17N3O2/c1-5(12)4-6-7(13)10-8(9-6)11(2)3/h5-7,12-13H,4H2,1-3H3,(H,9,10). The van der Waals surface area contributed by atoms with Crippen molar-refractivity contribution in [2.45, 2.75) is 31.7 Å². The number of aliphatic hydroxyl groups excluding tert-OH is 2. The molecule has 0 spiro atoms. The van der Waals surface area contributed by atoms with E-state index in [2.05, 4.69) is 10.3 Å². The summed E-state index contributed by atoms with van der Waals surface area (Å²) in [6.45, 7) is 1.70. The molecule has 0 saturated heterocycles. The van der Waals surface area contributed by atoms with E-state index < -0.39 is 12.3 Å². The van der Waals surface area contributed by atoms with Crippen LogP contribution in [0.1, 0.15) is 13.3 Å². The molecule has 0 radical (unpaired) electrons. The molecule has 3 atom stereocenters. The number of hydrogen-bond acceptors (Lipinski definition) is 5. The first kappa shape index (κ1) is 10.3. The minimum atomic E-state index is -0.744. The van der Waals surface area contributed by atoms with Gasteiger partial charge >= 0.3 is 0 Å². The van der Waals surface area contributed by atoms with Crippen molar-refractivity contribution >= 4 is 5.96 Å². The van der Waals surface area contributed by atoms with Gasteiger partial charge < -0.3 is 20.4 Å². The van der Waals surface area contributed by atoms with Crippen LogP contribution in [0.5, 0.6) is 0 Å². The fourth-order valence-electron chi connectivity index (χ4n) is 1.29. The molecule has 3 unspecified atom stereocenters. The van der Waals surface area contributed by atoms with Crippen LogP contribution >= 0.6 is 0 Å². The van der Waals surface area contributed by atoms with E-state index in [0.717, 1.165) is 0 Å². The Balaban J connectivity index is 2.49. The highest BCUT2D eigenvalue weighted by Gasteiger charge is 2.28. The van der Waals surface area contributed by atoms with Gasteiger partial charge in [-0.25, -0.2) is 4.99 Å². The quantitative estimate of drug-likeness (QED) is 0.517. The zero-order valence-corrected chi connectivity index (χ0v) is 8.23. The van der Waals surface area contributed by atoms with E-state index in [1.807, 2.05) is 14.1 Å². The molecule has 0 fully saturated rings. The molecular formula is C8H17N3O2. The van der Waals surface area contributed by atoms with Crippen molar-refractivity contribution in [1.82, 2.24) is 10.2 Å². The van der Waals surface area contributed by atoms with E-state index in [0.29, 0.717) is 12.4 Å². The highest BCUT2D eigenvalue weighted by Crippen LogP contribution is 2.10. The first-order chi connectivity index (χ1) is 6.00. The Labute approximate surface area is 78.1 Å². The second-order valence-corrected chi connectivity index (χ2v) is 3.60. The Kier molecular flexibility index (Phi) is 3.11. The molecule has 13 heavy (non-hydrogen) atoms. The summed E-state index contributed by atoms with van der Waals surface area (Å²) in [5, 5.41) is 21.6. The minimum absolute atomic E-state index is 0.169. The third-order valence-corrected chi connectivity index (χ3v) is 1.95. The number of nitrogens with zero attached hydrogens (tertiary/aromatic N) is 2. The van der Waals surface area contributed by atoms with Gasteiger partial charge in [-0.1, -0.05) is 0 Å². The van der Waals surface area contributed by atoms with E-state index in [9.17, 15) is 5.11 Å². The van der Waals surface area contributed by atoms with Crippen LogP contribution in [0.2, 0.25) is 0 Å². The average molecular weight is 187 g/mol. The molecule has 5 heteroatoms. The van der Waals surface area contributed by atoms with E-state index in [1.54, 1.807) is 11.8 Å². The lowest BCUT2D eigenvalue weighted by molar-refractivity contribution is 0.110. The summed E-state index contributed by atoms with van der Waals surface area (Å²) in [5.41, 5.74) is 0. The summed E-state index contributed by atoms with van der Waals surface area (Å²) < 4.78 is 0. The Bertz CT molecular complexity index is 204. The van der Waals surface area contributed by atoms with Gasteiger partial charge in [0, 0.05) is 14.1 Å². The fraction of sp³-hybridized carbons (Fsp3) is 0.875. The summed E-state index contributed by atoms with van der Waals surface area (Å²) in [7, 11) is 3.70. The predicted molar refractivity (Wildman–Crippen MR) is 50.4 cm³/mol. The van der Waals surface area contributed by atoms with Crippen molar-refractivity contribution in [2.75, 3.05) is 14.1 Å². The van der Waals surface area contributed by atoms with Gasteiger partial charge in [0.1, 0.15) is 0 Å². The summed E-state index contributed by atoms with van der Waals surface area (Å²) in [4.78, 5) is 5.80. The zero-order valence-electron chi connectivity index (χ0n) is 8.23. The summed E-state index contributed by atoms with van der Waals surface area (Å²) in [6.07, 6.45) is -0.669. The Morgan fingerprint density at radius 2 is 2.23 bits per heavy atom. The van der Waals surface area contributed by atoms with Crippen LogP contribution in [0.15, 0.2) is 4.99 Å². The van der Waals surface area contributed by atoms with E-state index in [4.69, 9.17) is 5.11 Å². The lowest BCUT2D eigenvalue weighted by Crippen LogP contribution is -2.41. The number of aliphatic imine (C=N–C) groups is 1. The number of nitrogens with one attached hydrogen (secondary N) is 1. The Morgan fingerprint density at radius 3 is 2.62 bits per heavy atom. The molecule has 76 valence electrons.